The molecule has 4 N–H and O–H groups in total. The lowest BCUT2D eigenvalue weighted by Crippen LogP contribution is -2.45. The largest absolute Gasteiger partial charge is 0.394 e. The van der Waals surface area contributed by atoms with E-state index in [1.807, 2.05) is 36.5 Å². The molecule has 1 amide bonds. The van der Waals surface area contributed by atoms with Crippen LogP contribution in [0.4, 0.5) is 0 Å². The maximum Gasteiger partial charge on any atom is 0.220 e. The van der Waals surface area contributed by atoms with Crippen LogP contribution in [0.3, 0.4) is 0 Å². The first-order valence-electron chi connectivity index (χ1n) is 16.9. The van der Waals surface area contributed by atoms with Gasteiger partial charge in [-0.05, 0) is 51.4 Å². The molecule has 0 aromatic carbocycles. The Kier molecular flexibility index (Phi) is 30.6. The molecule has 0 aliphatic carbocycles. The summed E-state index contributed by atoms with van der Waals surface area (Å²) in [6, 6.07) is -0.676. The van der Waals surface area contributed by atoms with Gasteiger partial charge >= 0.3 is 0 Å². The second-order valence-corrected chi connectivity index (χ2v) is 11.0. The summed E-state index contributed by atoms with van der Waals surface area (Å²) in [6.45, 7) is 4.03. The first kappa shape index (κ1) is 40.5. The van der Waals surface area contributed by atoms with Crippen molar-refractivity contribution in [3.05, 3.63) is 85.1 Å². The van der Waals surface area contributed by atoms with E-state index in [4.69, 9.17) is 0 Å². The smallest absolute Gasteiger partial charge is 0.220 e. The number of hydrogen-bond donors (Lipinski definition) is 4. The number of rotatable bonds is 28. The summed E-state index contributed by atoms with van der Waals surface area (Å²) in [5.74, 6) is -0.166. The lowest BCUT2D eigenvalue weighted by molar-refractivity contribution is -0.122. The number of carbonyl (C=O) groups is 1. The van der Waals surface area contributed by atoms with E-state index in [0.29, 0.717) is 19.3 Å². The SMILES string of the molecule is CC/C=C\CC(O)/C=C/C=C/C/C=C\C/C=C\C/C=C\CCC(=O)N[C@@H](CO)[C@H](O)/C=C/CCCCCCCCCCC. The number of aliphatic hydroxyl groups is 3. The van der Waals surface area contributed by atoms with E-state index in [-0.39, 0.29) is 12.5 Å². The number of aliphatic hydroxyl groups excluding tert-OH is 3. The number of unbranched alkanes of at least 4 members (excludes halogenated alkanes) is 9. The molecule has 5 nitrogen and oxygen atoms in total. The van der Waals surface area contributed by atoms with Crippen LogP contribution < -0.4 is 5.32 Å². The lowest BCUT2D eigenvalue weighted by atomic mass is 10.1. The Morgan fingerprint density at radius 3 is 1.88 bits per heavy atom. The predicted molar refractivity (Wildman–Crippen MR) is 185 cm³/mol. The molecule has 0 fully saturated rings. The van der Waals surface area contributed by atoms with E-state index >= 15 is 0 Å². The van der Waals surface area contributed by atoms with E-state index in [1.165, 1.54) is 51.4 Å². The Morgan fingerprint density at radius 2 is 1.26 bits per heavy atom. The van der Waals surface area contributed by atoms with E-state index < -0.39 is 18.2 Å². The molecule has 0 aromatic rings. The maximum absolute atomic E-state index is 12.2. The summed E-state index contributed by atoms with van der Waals surface area (Å²) < 4.78 is 0. The van der Waals surface area contributed by atoms with Gasteiger partial charge in [0, 0.05) is 6.42 Å². The van der Waals surface area contributed by atoms with E-state index in [1.54, 1.807) is 12.2 Å². The molecule has 0 saturated carbocycles. The summed E-state index contributed by atoms with van der Waals surface area (Å²) in [6.07, 6.45) is 44.3. The van der Waals surface area contributed by atoms with Gasteiger partial charge in [-0.15, -0.1) is 0 Å². The average Bonchev–Trinajstić information content (AvgIpc) is 3.00. The van der Waals surface area contributed by atoms with Crippen LogP contribution in [-0.4, -0.2) is 46.1 Å². The van der Waals surface area contributed by atoms with E-state index in [0.717, 1.165) is 38.5 Å². The van der Waals surface area contributed by atoms with E-state index in [9.17, 15) is 20.1 Å². The highest BCUT2D eigenvalue weighted by molar-refractivity contribution is 5.76. The van der Waals surface area contributed by atoms with Gasteiger partial charge in [0.15, 0.2) is 0 Å². The van der Waals surface area contributed by atoms with Gasteiger partial charge in [0.25, 0.3) is 0 Å². The number of carbonyl (C=O) groups excluding carboxylic acids is 1. The Balaban J connectivity index is 3.92. The summed E-state index contributed by atoms with van der Waals surface area (Å²) >= 11 is 0. The molecule has 0 aliphatic rings. The normalized spacial score (nSPS) is 15.0. The Morgan fingerprint density at radius 1 is 0.651 bits per heavy atom. The first-order valence-corrected chi connectivity index (χ1v) is 16.9. The summed E-state index contributed by atoms with van der Waals surface area (Å²) in [5.41, 5.74) is 0. The second kappa shape index (κ2) is 32.4. The third-order valence-electron chi connectivity index (χ3n) is 6.98. The van der Waals surface area contributed by atoms with Crippen LogP contribution in [0.25, 0.3) is 0 Å². The fraction of sp³-hybridized carbons (Fsp3) is 0.605. The summed E-state index contributed by atoms with van der Waals surface area (Å²) in [7, 11) is 0. The van der Waals surface area contributed by atoms with Crippen molar-refractivity contribution in [3.8, 4) is 0 Å². The number of hydrogen-bond acceptors (Lipinski definition) is 4. The van der Waals surface area contributed by atoms with Gasteiger partial charge in [-0.25, -0.2) is 0 Å². The van der Waals surface area contributed by atoms with Crippen LogP contribution in [0.15, 0.2) is 85.1 Å². The molecule has 0 rings (SSSR count). The van der Waals surface area contributed by atoms with Crippen molar-refractivity contribution in [3.63, 3.8) is 0 Å². The van der Waals surface area contributed by atoms with Crippen molar-refractivity contribution in [1.82, 2.24) is 5.32 Å². The number of amides is 1. The van der Waals surface area contributed by atoms with Crippen LogP contribution >= 0.6 is 0 Å². The molecule has 43 heavy (non-hydrogen) atoms. The molecule has 0 radical (unpaired) electrons. The monoisotopic (exact) mass is 597 g/mol. The molecular weight excluding hydrogens is 534 g/mol. The standard InChI is InChI=1S/C38H63NO4/c1-3-5-7-8-9-10-14-18-21-24-28-32-37(42)36(34-40)39-38(43)33-29-25-22-19-16-13-11-12-15-17-20-23-27-31-35(41)30-26-6-4-2/h6,12-13,15-16,20,22-23,25-28,31-32,35-37,40-42H,3-5,7-11,14,17-19,21,24,29-30,33-34H2,1-2H3,(H,39,43)/b15-12-,16-13-,23-20+,25-22-,26-6-,31-27+,32-28+/t35?,36-,37+/m0/s1. The number of nitrogens with one attached hydrogen (secondary N) is 1. The molecule has 5 heteroatoms. The molecule has 0 aliphatic heterocycles. The molecule has 0 heterocycles. The second-order valence-electron chi connectivity index (χ2n) is 11.0. The minimum absolute atomic E-state index is 0.166. The highest BCUT2D eigenvalue weighted by atomic mass is 16.3. The highest BCUT2D eigenvalue weighted by Crippen LogP contribution is 2.11. The summed E-state index contributed by atoms with van der Waals surface area (Å²) in [5, 5.41) is 32.5. The lowest BCUT2D eigenvalue weighted by Gasteiger charge is -2.19. The zero-order valence-electron chi connectivity index (χ0n) is 27.3. The van der Waals surface area contributed by atoms with E-state index in [2.05, 4.69) is 55.6 Å². The van der Waals surface area contributed by atoms with Crippen molar-refractivity contribution in [2.24, 2.45) is 0 Å². The Hall–Kier alpha value is -2.47. The molecule has 0 saturated heterocycles. The highest BCUT2D eigenvalue weighted by Gasteiger charge is 2.17. The quantitative estimate of drug-likeness (QED) is 0.0412. The van der Waals surface area contributed by atoms with Crippen LogP contribution in [0.5, 0.6) is 0 Å². The third kappa shape index (κ3) is 29.4. The van der Waals surface area contributed by atoms with Crippen molar-refractivity contribution in [2.45, 2.75) is 141 Å². The third-order valence-corrected chi connectivity index (χ3v) is 6.98. The van der Waals surface area contributed by atoms with Crippen LogP contribution in [0.2, 0.25) is 0 Å². The van der Waals surface area contributed by atoms with Crippen molar-refractivity contribution < 1.29 is 20.1 Å². The zero-order chi connectivity index (χ0) is 31.6. The molecular formula is C38H63NO4. The van der Waals surface area contributed by atoms with Gasteiger partial charge in [0.1, 0.15) is 0 Å². The van der Waals surface area contributed by atoms with Gasteiger partial charge < -0.3 is 20.6 Å². The minimum Gasteiger partial charge on any atom is -0.394 e. The molecule has 0 bridgehead atoms. The number of allylic oxidation sites excluding steroid dienone is 11. The van der Waals surface area contributed by atoms with Crippen molar-refractivity contribution in [1.29, 1.82) is 0 Å². The van der Waals surface area contributed by atoms with Gasteiger partial charge in [-0.2, -0.15) is 0 Å². The minimum atomic E-state index is -0.882. The average molecular weight is 598 g/mol. The van der Waals surface area contributed by atoms with Gasteiger partial charge in [0.2, 0.25) is 5.91 Å². The predicted octanol–water partition coefficient (Wildman–Crippen LogP) is 8.75. The van der Waals surface area contributed by atoms with Crippen LogP contribution in [-0.2, 0) is 4.79 Å². The van der Waals surface area contributed by atoms with Crippen molar-refractivity contribution >= 4 is 5.91 Å². The first-order chi connectivity index (χ1) is 21.0. The van der Waals surface area contributed by atoms with Crippen molar-refractivity contribution in [2.75, 3.05) is 6.61 Å². The topological polar surface area (TPSA) is 89.8 Å². The molecule has 244 valence electrons. The molecule has 0 aromatic heterocycles. The summed E-state index contributed by atoms with van der Waals surface area (Å²) in [4.78, 5) is 12.2. The molecule has 0 spiro atoms. The zero-order valence-corrected chi connectivity index (χ0v) is 27.3. The maximum atomic E-state index is 12.2. The fourth-order valence-electron chi connectivity index (χ4n) is 4.34. The molecule has 3 atom stereocenters. The molecule has 1 unspecified atom stereocenters. The van der Waals surface area contributed by atoms with Crippen LogP contribution in [0, 0.1) is 0 Å². The van der Waals surface area contributed by atoms with Gasteiger partial charge in [0.05, 0.1) is 24.9 Å². The fourth-order valence-corrected chi connectivity index (χ4v) is 4.34. The Bertz CT molecular complexity index is 837. The van der Waals surface area contributed by atoms with Gasteiger partial charge in [-0.3, -0.25) is 4.79 Å². The van der Waals surface area contributed by atoms with Gasteiger partial charge in [-0.1, -0.05) is 150 Å². The van der Waals surface area contributed by atoms with Crippen LogP contribution in [0.1, 0.15) is 123 Å². The Labute approximate surface area is 264 Å².